The molecule has 0 aliphatic carbocycles. The fraction of sp³-hybridized carbons (Fsp3) is 0.0476. The van der Waals surface area contributed by atoms with Crippen LogP contribution >= 0.6 is 0 Å². The summed E-state index contributed by atoms with van der Waals surface area (Å²) in [5, 5.41) is 18.5. The highest BCUT2D eigenvalue weighted by Crippen LogP contribution is 2.23. The summed E-state index contributed by atoms with van der Waals surface area (Å²) in [7, 11) is 0. The quantitative estimate of drug-likeness (QED) is 0.435. The Kier molecular flexibility index (Phi) is 5.27. The Hall–Kier alpha value is -4.34. The van der Waals surface area contributed by atoms with Gasteiger partial charge in [-0.3, -0.25) is 14.9 Å². The Labute approximate surface area is 173 Å². The van der Waals surface area contributed by atoms with Crippen LogP contribution in [-0.4, -0.2) is 32.2 Å². The number of halogens is 2. The van der Waals surface area contributed by atoms with E-state index in [1.54, 1.807) is 12.1 Å². The van der Waals surface area contributed by atoms with Crippen LogP contribution in [0.1, 0.15) is 26.5 Å². The second-order valence-corrected chi connectivity index (χ2v) is 6.48. The van der Waals surface area contributed by atoms with Crippen molar-refractivity contribution < 1.29 is 28.2 Å². The van der Waals surface area contributed by atoms with Crippen molar-refractivity contribution in [1.82, 2.24) is 20.5 Å². The zero-order valence-corrected chi connectivity index (χ0v) is 15.7. The fourth-order valence-corrected chi connectivity index (χ4v) is 2.88. The van der Waals surface area contributed by atoms with Gasteiger partial charge in [-0.2, -0.15) is 5.10 Å². The van der Waals surface area contributed by atoms with Gasteiger partial charge >= 0.3 is 5.97 Å². The van der Waals surface area contributed by atoms with Crippen molar-refractivity contribution in [3.63, 3.8) is 0 Å². The van der Waals surface area contributed by atoms with E-state index in [1.807, 2.05) is 0 Å². The van der Waals surface area contributed by atoms with E-state index in [0.29, 0.717) is 22.3 Å². The van der Waals surface area contributed by atoms with E-state index in [2.05, 4.69) is 20.5 Å². The van der Waals surface area contributed by atoms with Gasteiger partial charge in [0.2, 0.25) is 0 Å². The van der Waals surface area contributed by atoms with E-state index in [-0.39, 0.29) is 23.6 Å². The van der Waals surface area contributed by atoms with Crippen LogP contribution < -0.4 is 10.1 Å². The van der Waals surface area contributed by atoms with E-state index in [9.17, 15) is 23.5 Å². The molecule has 0 saturated carbocycles. The minimum Gasteiger partial charge on any atom is -0.476 e. The topological polar surface area (TPSA) is 117 Å². The molecule has 4 aromatic rings. The minimum absolute atomic E-state index is 0.0586. The molecular weight excluding hydrogens is 410 g/mol. The lowest BCUT2D eigenvalue weighted by Gasteiger charge is -2.09. The Morgan fingerprint density at radius 3 is 2.61 bits per heavy atom. The molecule has 2 aromatic carbocycles. The summed E-state index contributed by atoms with van der Waals surface area (Å²) in [6.45, 7) is 0.0586. The molecule has 0 bridgehead atoms. The zero-order valence-electron chi connectivity index (χ0n) is 15.7. The number of carbonyl (C=O) groups excluding carboxylic acids is 1. The van der Waals surface area contributed by atoms with Gasteiger partial charge in [0.25, 0.3) is 5.91 Å². The summed E-state index contributed by atoms with van der Waals surface area (Å²) in [5.74, 6) is -3.20. The Morgan fingerprint density at radius 2 is 1.84 bits per heavy atom. The van der Waals surface area contributed by atoms with Crippen LogP contribution in [0.15, 0.2) is 54.7 Å². The van der Waals surface area contributed by atoms with Crippen LogP contribution in [0.4, 0.5) is 8.78 Å². The molecule has 1 amide bonds. The molecule has 8 nitrogen and oxygen atoms in total. The Morgan fingerprint density at radius 1 is 1.03 bits per heavy atom. The molecule has 4 rings (SSSR count). The van der Waals surface area contributed by atoms with Gasteiger partial charge in [-0.1, -0.05) is 0 Å². The number of rotatable bonds is 6. The number of aromatic carboxylic acids is 1. The number of ether oxygens (including phenoxy) is 1. The van der Waals surface area contributed by atoms with E-state index < -0.39 is 23.5 Å². The highest BCUT2D eigenvalue weighted by Gasteiger charge is 2.15. The van der Waals surface area contributed by atoms with Crippen LogP contribution in [0, 0.1) is 11.6 Å². The number of nitrogens with zero attached hydrogens (tertiary/aromatic N) is 2. The number of hydrogen-bond donors (Lipinski definition) is 3. The number of benzene rings is 2. The molecule has 31 heavy (non-hydrogen) atoms. The van der Waals surface area contributed by atoms with Crippen molar-refractivity contribution in [2.45, 2.75) is 6.54 Å². The van der Waals surface area contributed by atoms with Crippen LogP contribution in [0.2, 0.25) is 0 Å². The third kappa shape index (κ3) is 4.32. The van der Waals surface area contributed by atoms with Gasteiger partial charge in [-0.25, -0.2) is 13.6 Å². The third-order valence-electron chi connectivity index (χ3n) is 4.37. The van der Waals surface area contributed by atoms with Gasteiger partial charge in [0.15, 0.2) is 17.3 Å². The van der Waals surface area contributed by atoms with Gasteiger partial charge in [-0.05, 0) is 36.4 Å². The Bertz CT molecular complexity index is 1310. The van der Waals surface area contributed by atoms with E-state index >= 15 is 0 Å². The standard InChI is InChI=1S/C21H14F2N4O4/c22-16-3-2-13(9-17(16)23)31-14-5-6-24-12(8-14)10-25-20(28)11-1-4-18-15(7-11)19(21(29)30)27-26-18/h1-9H,10H2,(H,25,28)(H,26,27)(H,29,30). The fourth-order valence-electron chi connectivity index (χ4n) is 2.88. The number of pyridine rings is 1. The maximum absolute atomic E-state index is 13.3. The van der Waals surface area contributed by atoms with Crippen molar-refractivity contribution >= 4 is 22.8 Å². The molecule has 0 aliphatic rings. The molecule has 0 atom stereocenters. The van der Waals surface area contributed by atoms with Crippen LogP contribution in [0.3, 0.4) is 0 Å². The predicted octanol–water partition coefficient (Wildman–Crippen LogP) is 3.66. The molecule has 3 N–H and O–H groups in total. The summed E-state index contributed by atoms with van der Waals surface area (Å²) < 4.78 is 31.9. The number of carboxylic acids is 1. The van der Waals surface area contributed by atoms with Crippen LogP contribution in [0.25, 0.3) is 10.9 Å². The lowest BCUT2D eigenvalue weighted by atomic mass is 10.1. The van der Waals surface area contributed by atoms with E-state index in [0.717, 1.165) is 12.1 Å². The number of fused-ring (bicyclic) bond motifs is 1. The van der Waals surface area contributed by atoms with Crippen molar-refractivity contribution in [1.29, 1.82) is 0 Å². The van der Waals surface area contributed by atoms with Gasteiger partial charge < -0.3 is 15.2 Å². The SMILES string of the molecule is O=C(NCc1cc(Oc2ccc(F)c(F)c2)ccn1)c1ccc2[nH]nc(C(=O)O)c2c1. The second kappa shape index (κ2) is 8.19. The number of carbonyl (C=O) groups is 2. The summed E-state index contributed by atoms with van der Waals surface area (Å²) in [5.41, 5.74) is 1.04. The zero-order chi connectivity index (χ0) is 22.0. The second-order valence-electron chi connectivity index (χ2n) is 6.48. The summed E-state index contributed by atoms with van der Waals surface area (Å²) in [6.07, 6.45) is 1.45. The first-order valence-corrected chi connectivity index (χ1v) is 8.98. The lowest BCUT2D eigenvalue weighted by Crippen LogP contribution is -2.23. The largest absolute Gasteiger partial charge is 0.476 e. The van der Waals surface area contributed by atoms with Gasteiger partial charge in [0, 0.05) is 29.3 Å². The molecular formula is C21H14F2N4O4. The van der Waals surface area contributed by atoms with Gasteiger partial charge in [0.05, 0.1) is 17.8 Å². The molecule has 0 radical (unpaired) electrons. The molecule has 0 unspecified atom stereocenters. The average molecular weight is 424 g/mol. The van der Waals surface area contributed by atoms with Crippen molar-refractivity contribution in [2.24, 2.45) is 0 Å². The average Bonchev–Trinajstić information content (AvgIpc) is 3.18. The monoisotopic (exact) mass is 424 g/mol. The smallest absolute Gasteiger partial charge is 0.357 e. The normalized spacial score (nSPS) is 10.8. The van der Waals surface area contributed by atoms with E-state index in [1.165, 1.54) is 30.5 Å². The van der Waals surface area contributed by atoms with Crippen molar-refractivity contribution in [2.75, 3.05) is 0 Å². The summed E-state index contributed by atoms with van der Waals surface area (Å²) >= 11 is 0. The molecule has 10 heteroatoms. The number of amides is 1. The molecule has 0 aliphatic heterocycles. The predicted molar refractivity (Wildman–Crippen MR) is 105 cm³/mol. The molecule has 156 valence electrons. The van der Waals surface area contributed by atoms with Crippen molar-refractivity contribution in [3.8, 4) is 11.5 Å². The highest BCUT2D eigenvalue weighted by molar-refractivity contribution is 6.04. The summed E-state index contributed by atoms with van der Waals surface area (Å²) in [4.78, 5) is 27.8. The number of nitrogens with one attached hydrogen (secondary N) is 2. The van der Waals surface area contributed by atoms with Crippen molar-refractivity contribution in [3.05, 3.63) is 83.3 Å². The molecule has 0 fully saturated rings. The first-order chi connectivity index (χ1) is 14.9. The third-order valence-corrected chi connectivity index (χ3v) is 4.37. The first kappa shape index (κ1) is 20.0. The molecule has 0 spiro atoms. The van der Waals surface area contributed by atoms with E-state index in [4.69, 9.17) is 4.74 Å². The first-order valence-electron chi connectivity index (χ1n) is 8.98. The maximum Gasteiger partial charge on any atom is 0.357 e. The minimum atomic E-state index is -1.20. The molecule has 2 heterocycles. The molecule has 2 aromatic heterocycles. The number of aromatic amines is 1. The molecule has 0 saturated heterocycles. The van der Waals surface area contributed by atoms with Crippen LogP contribution in [0.5, 0.6) is 11.5 Å². The van der Waals surface area contributed by atoms with Crippen LogP contribution in [-0.2, 0) is 6.54 Å². The summed E-state index contributed by atoms with van der Waals surface area (Å²) in [6, 6.07) is 10.8. The lowest BCUT2D eigenvalue weighted by molar-refractivity contribution is 0.0692. The number of aromatic nitrogens is 3. The Balaban J connectivity index is 1.45. The van der Waals surface area contributed by atoms with Gasteiger partial charge in [-0.15, -0.1) is 0 Å². The number of hydrogen-bond acceptors (Lipinski definition) is 5. The van der Waals surface area contributed by atoms with Gasteiger partial charge in [0.1, 0.15) is 11.5 Å². The highest BCUT2D eigenvalue weighted by atomic mass is 19.2. The number of H-pyrrole nitrogens is 1. The maximum atomic E-state index is 13.3. The number of carboxylic acid groups (broad SMARTS) is 1.